The molecule has 0 aromatic rings. The van der Waals surface area contributed by atoms with Gasteiger partial charge in [0.1, 0.15) is 0 Å². The number of hydrogen-bond acceptors (Lipinski definition) is 4. The highest BCUT2D eigenvalue weighted by Gasteiger charge is 2.32. The second kappa shape index (κ2) is 6.43. The van der Waals surface area contributed by atoms with Gasteiger partial charge in [0, 0.05) is 32.7 Å². The van der Waals surface area contributed by atoms with Crippen molar-refractivity contribution < 1.29 is 14.3 Å². The van der Waals surface area contributed by atoms with Crippen molar-refractivity contribution in [2.45, 2.75) is 51.3 Å². The molecule has 2 fully saturated rings. The Bertz CT molecular complexity index is 365. The van der Waals surface area contributed by atoms with Gasteiger partial charge in [-0.15, -0.1) is 0 Å². The predicted molar refractivity (Wildman–Crippen MR) is 75.4 cm³/mol. The number of ether oxygens (including phenoxy) is 1. The van der Waals surface area contributed by atoms with Crippen molar-refractivity contribution in [2.75, 3.05) is 26.7 Å². The molecule has 6 heteroatoms. The molecule has 0 aromatic heterocycles. The molecule has 0 spiro atoms. The van der Waals surface area contributed by atoms with Crippen LogP contribution in [0.1, 0.15) is 33.1 Å². The third kappa shape index (κ3) is 3.62. The van der Waals surface area contributed by atoms with Crippen LogP contribution >= 0.6 is 0 Å². The lowest BCUT2D eigenvalue weighted by molar-refractivity contribution is -0.128. The topological polar surface area (TPSA) is 61.9 Å². The van der Waals surface area contributed by atoms with Crippen molar-refractivity contribution in [3.8, 4) is 0 Å². The number of piperidine rings is 1. The molecule has 20 heavy (non-hydrogen) atoms. The molecule has 2 saturated heterocycles. The van der Waals surface area contributed by atoms with Crippen molar-refractivity contribution in [3.63, 3.8) is 0 Å². The standard InChI is InChI=1S/C14H25N3O3/c1-10(2)20-14(19)17-8-4-11(5-9-17)15-12-6-7-16(3)13(12)18/h10-12,15H,4-9H2,1-3H3. The number of amides is 2. The minimum atomic E-state index is -0.227. The second-order valence-electron chi connectivity index (χ2n) is 5.96. The largest absolute Gasteiger partial charge is 0.447 e. The fourth-order valence-corrected chi connectivity index (χ4v) is 2.77. The van der Waals surface area contributed by atoms with E-state index < -0.39 is 0 Å². The lowest BCUT2D eigenvalue weighted by atomic mass is 10.0. The molecule has 2 amide bonds. The highest BCUT2D eigenvalue weighted by molar-refractivity contribution is 5.83. The fraction of sp³-hybridized carbons (Fsp3) is 0.857. The van der Waals surface area contributed by atoms with E-state index >= 15 is 0 Å². The Hall–Kier alpha value is -1.30. The average Bonchev–Trinajstić information content (AvgIpc) is 2.71. The maximum atomic E-state index is 11.9. The molecule has 0 saturated carbocycles. The van der Waals surface area contributed by atoms with Crippen LogP contribution in [0.25, 0.3) is 0 Å². The van der Waals surface area contributed by atoms with Gasteiger partial charge in [-0.05, 0) is 33.1 Å². The minimum Gasteiger partial charge on any atom is -0.447 e. The van der Waals surface area contributed by atoms with Crippen molar-refractivity contribution in [1.29, 1.82) is 0 Å². The van der Waals surface area contributed by atoms with E-state index in [4.69, 9.17) is 4.74 Å². The van der Waals surface area contributed by atoms with E-state index in [1.807, 2.05) is 20.9 Å². The third-order valence-electron chi connectivity index (χ3n) is 3.95. The molecule has 1 unspecified atom stereocenters. The van der Waals surface area contributed by atoms with Gasteiger partial charge in [0.15, 0.2) is 0 Å². The summed E-state index contributed by atoms with van der Waals surface area (Å²) in [5, 5.41) is 3.43. The van der Waals surface area contributed by atoms with Crippen LogP contribution in [0.5, 0.6) is 0 Å². The van der Waals surface area contributed by atoms with Crippen LogP contribution < -0.4 is 5.32 Å². The summed E-state index contributed by atoms with van der Waals surface area (Å²) in [4.78, 5) is 27.2. The Kier molecular flexibility index (Phi) is 4.86. The number of nitrogens with one attached hydrogen (secondary N) is 1. The van der Waals surface area contributed by atoms with E-state index in [0.29, 0.717) is 19.1 Å². The van der Waals surface area contributed by atoms with Crippen molar-refractivity contribution in [2.24, 2.45) is 0 Å². The quantitative estimate of drug-likeness (QED) is 0.833. The monoisotopic (exact) mass is 283 g/mol. The first kappa shape index (κ1) is 15.1. The lowest BCUT2D eigenvalue weighted by Crippen LogP contribution is -2.49. The summed E-state index contributed by atoms with van der Waals surface area (Å²) in [7, 11) is 1.84. The SMILES string of the molecule is CC(C)OC(=O)N1CCC(NC2CCN(C)C2=O)CC1. The van der Waals surface area contributed by atoms with Crippen molar-refractivity contribution in [1.82, 2.24) is 15.1 Å². The molecule has 114 valence electrons. The van der Waals surface area contributed by atoms with Crippen molar-refractivity contribution >= 4 is 12.0 Å². The van der Waals surface area contributed by atoms with Crippen molar-refractivity contribution in [3.05, 3.63) is 0 Å². The van der Waals surface area contributed by atoms with Gasteiger partial charge in [0.05, 0.1) is 12.1 Å². The first-order valence-electron chi connectivity index (χ1n) is 7.44. The van der Waals surface area contributed by atoms with Gasteiger partial charge in [-0.3, -0.25) is 4.79 Å². The summed E-state index contributed by atoms with van der Waals surface area (Å²) in [6.07, 6.45) is 2.33. The zero-order chi connectivity index (χ0) is 14.7. The molecule has 0 bridgehead atoms. The molecule has 6 nitrogen and oxygen atoms in total. The predicted octanol–water partition coefficient (Wildman–Crippen LogP) is 0.816. The van der Waals surface area contributed by atoms with Crippen LogP contribution in [0.2, 0.25) is 0 Å². The van der Waals surface area contributed by atoms with Gasteiger partial charge in [-0.1, -0.05) is 0 Å². The summed E-state index contributed by atoms with van der Waals surface area (Å²) in [6.45, 7) is 5.93. The molecular formula is C14H25N3O3. The van der Waals surface area contributed by atoms with Gasteiger partial charge in [-0.2, -0.15) is 0 Å². The molecule has 2 rings (SSSR count). The summed E-state index contributed by atoms with van der Waals surface area (Å²) < 4.78 is 5.20. The summed E-state index contributed by atoms with van der Waals surface area (Å²) in [6, 6.07) is 0.276. The minimum absolute atomic E-state index is 0.0424. The second-order valence-corrected chi connectivity index (χ2v) is 5.96. The Morgan fingerprint density at radius 2 is 1.90 bits per heavy atom. The number of carbonyl (C=O) groups excluding carboxylic acids is 2. The number of hydrogen-bond donors (Lipinski definition) is 1. The van der Waals surface area contributed by atoms with Crippen LogP contribution in [0.4, 0.5) is 4.79 Å². The molecule has 0 aromatic carbocycles. The van der Waals surface area contributed by atoms with Gasteiger partial charge in [0.25, 0.3) is 0 Å². The molecule has 2 heterocycles. The van der Waals surface area contributed by atoms with Crippen LogP contribution in [-0.2, 0) is 9.53 Å². The van der Waals surface area contributed by atoms with Crippen LogP contribution in [0.3, 0.4) is 0 Å². The Balaban J connectivity index is 1.74. The molecule has 1 N–H and O–H groups in total. The molecule has 2 aliphatic rings. The zero-order valence-corrected chi connectivity index (χ0v) is 12.6. The van der Waals surface area contributed by atoms with E-state index in [1.54, 1.807) is 9.80 Å². The van der Waals surface area contributed by atoms with E-state index in [9.17, 15) is 9.59 Å². The zero-order valence-electron chi connectivity index (χ0n) is 12.6. The Morgan fingerprint density at radius 3 is 2.40 bits per heavy atom. The average molecular weight is 283 g/mol. The van der Waals surface area contributed by atoms with Crippen LogP contribution in [-0.4, -0.2) is 66.7 Å². The van der Waals surface area contributed by atoms with Gasteiger partial charge in [-0.25, -0.2) is 4.79 Å². The van der Waals surface area contributed by atoms with E-state index in [2.05, 4.69) is 5.32 Å². The molecule has 0 radical (unpaired) electrons. The Morgan fingerprint density at radius 1 is 1.25 bits per heavy atom. The van der Waals surface area contributed by atoms with Gasteiger partial charge < -0.3 is 19.9 Å². The number of likely N-dealkylation sites (tertiary alicyclic amines) is 2. The number of carbonyl (C=O) groups is 2. The van der Waals surface area contributed by atoms with E-state index in [-0.39, 0.29) is 24.1 Å². The smallest absolute Gasteiger partial charge is 0.410 e. The Labute approximate surface area is 120 Å². The summed E-state index contributed by atoms with van der Waals surface area (Å²) >= 11 is 0. The van der Waals surface area contributed by atoms with E-state index in [0.717, 1.165) is 25.8 Å². The highest BCUT2D eigenvalue weighted by atomic mass is 16.6. The number of rotatable bonds is 3. The third-order valence-corrected chi connectivity index (χ3v) is 3.95. The van der Waals surface area contributed by atoms with Gasteiger partial charge in [0.2, 0.25) is 5.91 Å². The van der Waals surface area contributed by atoms with Gasteiger partial charge >= 0.3 is 6.09 Å². The molecular weight excluding hydrogens is 258 g/mol. The summed E-state index contributed by atoms with van der Waals surface area (Å²) in [5.74, 6) is 0.187. The highest BCUT2D eigenvalue weighted by Crippen LogP contribution is 2.16. The fourth-order valence-electron chi connectivity index (χ4n) is 2.77. The van der Waals surface area contributed by atoms with Crippen LogP contribution in [0, 0.1) is 0 Å². The summed E-state index contributed by atoms with van der Waals surface area (Å²) in [5.41, 5.74) is 0. The maximum absolute atomic E-state index is 11.9. The molecule has 1 atom stereocenters. The molecule has 0 aliphatic carbocycles. The lowest BCUT2D eigenvalue weighted by Gasteiger charge is -2.33. The van der Waals surface area contributed by atoms with E-state index in [1.165, 1.54) is 0 Å². The molecule has 2 aliphatic heterocycles. The normalized spacial score (nSPS) is 24.6. The van der Waals surface area contributed by atoms with Crippen LogP contribution in [0.15, 0.2) is 0 Å². The number of likely N-dealkylation sites (N-methyl/N-ethyl adjacent to an activating group) is 1. The number of nitrogens with zero attached hydrogens (tertiary/aromatic N) is 2. The first-order valence-corrected chi connectivity index (χ1v) is 7.44. The first-order chi connectivity index (χ1) is 9.47. The maximum Gasteiger partial charge on any atom is 0.410 e.